The molecular formula is C32H39N3O2. The second-order valence-electron chi connectivity index (χ2n) is 13.0. The van der Waals surface area contributed by atoms with Crippen LogP contribution in [0.2, 0.25) is 0 Å². The maximum Gasteiger partial charge on any atom is 0.282 e. The zero-order valence-corrected chi connectivity index (χ0v) is 22.4. The molecule has 0 spiro atoms. The van der Waals surface area contributed by atoms with Crippen LogP contribution in [0, 0.1) is 34.5 Å². The third-order valence-electron chi connectivity index (χ3n) is 11.5. The molecule has 5 nitrogen and oxygen atoms in total. The van der Waals surface area contributed by atoms with Gasteiger partial charge in [-0.1, -0.05) is 44.2 Å². The van der Waals surface area contributed by atoms with E-state index in [1.54, 1.807) is 0 Å². The average molecular weight is 498 g/mol. The smallest absolute Gasteiger partial charge is 0.282 e. The van der Waals surface area contributed by atoms with Crippen LogP contribution in [0.4, 0.5) is 0 Å². The van der Waals surface area contributed by atoms with Gasteiger partial charge in [-0.2, -0.15) is 4.98 Å². The van der Waals surface area contributed by atoms with E-state index >= 15 is 0 Å². The largest absolute Gasteiger partial charge is 0.393 e. The number of pyridine rings is 1. The summed E-state index contributed by atoms with van der Waals surface area (Å²) in [6.45, 7) is 7.90. The maximum atomic E-state index is 13.3. The van der Waals surface area contributed by atoms with Gasteiger partial charge in [-0.25, -0.2) is 4.98 Å². The standard InChI is InChI=1S/C32H39N3O2/c1-4-35-26-17-21-10-11-22-24-12-13-27(36)31(24,2)15-14-25(22)32(21,3)18-20(26)16-23-29(35)33-28(34-30(23)37)19-8-6-5-7-9-19/h5-9,16,21-22,24-25,27,36H,4,10-15,17-18H2,1-3H3/t21-,22-,24-,25-,27-,31-,32-/m0/s1. The van der Waals surface area contributed by atoms with Crippen molar-refractivity contribution in [1.82, 2.24) is 14.5 Å². The number of hydrogen-bond donors (Lipinski definition) is 1. The van der Waals surface area contributed by atoms with E-state index in [9.17, 15) is 9.90 Å². The Labute approximate surface area is 219 Å². The van der Waals surface area contributed by atoms with Crippen molar-refractivity contribution in [3.63, 3.8) is 0 Å². The molecule has 0 unspecified atom stereocenters. The van der Waals surface area contributed by atoms with Gasteiger partial charge in [0.2, 0.25) is 0 Å². The first-order valence-electron chi connectivity index (χ1n) is 14.5. The van der Waals surface area contributed by atoms with Gasteiger partial charge < -0.3 is 9.67 Å². The first-order chi connectivity index (χ1) is 17.8. The molecule has 0 aromatic heterocycles. The minimum absolute atomic E-state index is 0.115. The second-order valence-corrected chi connectivity index (χ2v) is 13.0. The summed E-state index contributed by atoms with van der Waals surface area (Å²) in [5, 5.41) is 10.8. The van der Waals surface area contributed by atoms with Gasteiger partial charge >= 0.3 is 0 Å². The molecule has 1 aromatic carbocycles. The minimum atomic E-state index is -0.170. The van der Waals surface area contributed by atoms with E-state index in [-0.39, 0.29) is 22.5 Å². The van der Waals surface area contributed by atoms with E-state index in [0.717, 1.165) is 49.5 Å². The van der Waals surface area contributed by atoms with Crippen LogP contribution in [0.1, 0.15) is 70.6 Å². The lowest BCUT2D eigenvalue weighted by molar-refractivity contribution is -0.111. The molecule has 5 heteroatoms. The molecule has 194 valence electrons. The zero-order valence-electron chi connectivity index (χ0n) is 22.4. The van der Waals surface area contributed by atoms with Crippen molar-refractivity contribution in [3.05, 3.63) is 58.0 Å². The fourth-order valence-electron chi connectivity index (χ4n) is 9.54. The summed E-state index contributed by atoms with van der Waals surface area (Å²) in [4.78, 5) is 22.7. The van der Waals surface area contributed by atoms with E-state index in [0.29, 0.717) is 29.1 Å². The van der Waals surface area contributed by atoms with Gasteiger partial charge in [0, 0.05) is 17.8 Å². The normalized spacial score (nSPS) is 36.5. The van der Waals surface area contributed by atoms with Crippen LogP contribution in [0.15, 0.2) is 41.2 Å². The summed E-state index contributed by atoms with van der Waals surface area (Å²) < 4.78 is 2.32. The van der Waals surface area contributed by atoms with E-state index in [1.165, 1.54) is 36.9 Å². The fourth-order valence-corrected chi connectivity index (χ4v) is 9.54. The lowest BCUT2D eigenvalue weighted by atomic mass is 9.45. The van der Waals surface area contributed by atoms with Crippen LogP contribution >= 0.6 is 0 Å². The Balaban J connectivity index is 1.31. The van der Waals surface area contributed by atoms with Crippen LogP contribution in [0.3, 0.4) is 0 Å². The molecule has 4 aliphatic carbocycles. The van der Waals surface area contributed by atoms with Crippen molar-refractivity contribution in [2.45, 2.75) is 84.8 Å². The van der Waals surface area contributed by atoms with Crippen LogP contribution in [-0.2, 0) is 19.4 Å². The molecule has 1 aromatic rings. The van der Waals surface area contributed by atoms with Crippen molar-refractivity contribution in [2.75, 3.05) is 0 Å². The topological polar surface area (TPSA) is 68.0 Å². The van der Waals surface area contributed by atoms with Crippen molar-refractivity contribution < 1.29 is 5.11 Å². The number of fused-ring (bicyclic) bond motifs is 7. The molecule has 3 saturated carbocycles. The Kier molecular flexibility index (Phi) is 5.25. The van der Waals surface area contributed by atoms with Gasteiger partial charge in [0.1, 0.15) is 5.82 Å². The van der Waals surface area contributed by atoms with Crippen molar-refractivity contribution in [1.29, 1.82) is 0 Å². The molecule has 2 aliphatic heterocycles. The summed E-state index contributed by atoms with van der Waals surface area (Å²) in [7, 11) is 0. The first kappa shape index (κ1) is 23.6. The van der Waals surface area contributed by atoms with Gasteiger partial charge in [-0.05, 0) is 104 Å². The Bertz CT molecular complexity index is 1380. The number of aliphatic hydroxyl groups excluding tert-OH is 1. The van der Waals surface area contributed by atoms with Crippen LogP contribution < -0.4 is 5.56 Å². The molecule has 7 rings (SSSR count). The molecule has 7 atom stereocenters. The van der Waals surface area contributed by atoms with E-state index < -0.39 is 0 Å². The number of benzene rings is 1. The predicted molar refractivity (Wildman–Crippen MR) is 145 cm³/mol. The second kappa shape index (κ2) is 8.23. The van der Waals surface area contributed by atoms with Gasteiger partial charge in [-0.3, -0.25) is 4.79 Å². The lowest BCUT2D eigenvalue weighted by Crippen LogP contribution is -2.55. The summed E-state index contributed by atoms with van der Waals surface area (Å²) in [5.41, 5.74) is 4.45. The van der Waals surface area contributed by atoms with Gasteiger partial charge in [0.25, 0.3) is 5.56 Å². The Morgan fingerprint density at radius 1 is 1.00 bits per heavy atom. The number of nitrogens with zero attached hydrogens (tertiary/aromatic N) is 3. The quantitative estimate of drug-likeness (QED) is 0.490. The molecule has 0 saturated heterocycles. The third-order valence-corrected chi connectivity index (χ3v) is 11.5. The highest BCUT2D eigenvalue weighted by Gasteiger charge is 2.60. The molecular weight excluding hydrogens is 458 g/mol. The highest BCUT2D eigenvalue weighted by atomic mass is 16.3. The Morgan fingerprint density at radius 2 is 1.78 bits per heavy atom. The highest BCUT2D eigenvalue weighted by molar-refractivity contribution is 5.64. The van der Waals surface area contributed by atoms with E-state index in [1.807, 2.05) is 30.3 Å². The fraction of sp³-hybridized carbons (Fsp3) is 0.594. The maximum absolute atomic E-state index is 13.3. The van der Waals surface area contributed by atoms with Crippen LogP contribution in [0.5, 0.6) is 0 Å². The van der Waals surface area contributed by atoms with Crippen molar-refractivity contribution in [3.8, 4) is 22.8 Å². The summed E-state index contributed by atoms with van der Waals surface area (Å²) in [6, 6.07) is 12.0. The average Bonchev–Trinajstić information content (AvgIpc) is 3.21. The minimum Gasteiger partial charge on any atom is -0.393 e. The Hall–Kier alpha value is -2.53. The first-order valence-corrected chi connectivity index (χ1v) is 14.5. The van der Waals surface area contributed by atoms with Crippen LogP contribution in [-0.4, -0.2) is 25.7 Å². The van der Waals surface area contributed by atoms with Crippen molar-refractivity contribution in [2.24, 2.45) is 34.5 Å². The molecule has 0 radical (unpaired) electrons. The number of hydrogen-bond acceptors (Lipinski definition) is 4. The lowest BCUT2D eigenvalue weighted by Gasteiger charge is -2.60. The molecule has 0 amide bonds. The molecule has 2 heterocycles. The molecule has 0 bridgehead atoms. The van der Waals surface area contributed by atoms with Crippen LogP contribution in [0.25, 0.3) is 22.8 Å². The molecule has 6 aliphatic rings. The molecule has 37 heavy (non-hydrogen) atoms. The highest BCUT2D eigenvalue weighted by Crippen LogP contribution is 2.65. The van der Waals surface area contributed by atoms with Gasteiger partial charge in [0.05, 0.1) is 11.7 Å². The Morgan fingerprint density at radius 3 is 2.57 bits per heavy atom. The summed E-state index contributed by atoms with van der Waals surface area (Å²) in [6.07, 6.45) is 9.12. The van der Waals surface area contributed by atoms with Gasteiger partial charge in [0.15, 0.2) is 5.82 Å². The summed E-state index contributed by atoms with van der Waals surface area (Å²) in [5.74, 6) is 4.06. The SMILES string of the molecule is CCn1c2nc(-c3ccccc3)nc(=O)c-2cc2c1C[C@@H]1CC[C@@H]3[C@H](CC[C@]4(C)[C@@H](O)CC[C@@H]34)[C@@]1(C)C2. The summed E-state index contributed by atoms with van der Waals surface area (Å²) >= 11 is 0. The number of aliphatic hydroxyl groups is 1. The van der Waals surface area contributed by atoms with E-state index in [4.69, 9.17) is 4.98 Å². The zero-order chi connectivity index (χ0) is 25.5. The predicted octanol–water partition coefficient (Wildman–Crippen LogP) is 5.75. The monoisotopic (exact) mass is 497 g/mol. The van der Waals surface area contributed by atoms with Crippen molar-refractivity contribution >= 4 is 0 Å². The molecule has 1 N–H and O–H groups in total. The van der Waals surface area contributed by atoms with Gasteiger partial charge in [-0.15, -0.1) is 0 Å². The third kappa shape index (κ3) is 3.28. The van der Waals surface area contributed by atoms with E-state index in [2.05, 4.69) is 36.4 Å². The number of rotatable bonds is 2. The number of aromatic nitrogens is 3. The molecule has 3 fully saturated rings.